The van der Waals surface area contributed by atoms with Crippen LogP contribution in [0.4, 0.5) is 5.69 Å². The summed E-state index contributed by atoms with van der Waals surface area (Å²) in [5, 5.41) is 12.0. The van der Waals surface area contributed by atoms with E-state index in [1.54, 1.807) is 13.2 Å². The fourth-order valence-corrected chi connectivity index (χ4v) is 3.58. The van der Waals surface area contributed by atoms with E-state index in [0.717, 1.165) is 17.9 Å². The Morgan fingerprint density at radius 2 is 1.84 bits per heavy atom. The quantitative estimate of drug-likeness (QED) is 0.354. The molecule has 2 aromatic carbocycles. The molecular formula is C23H26N4O3S. The third kappa shape index (κ3) is 6.36. The number of thioether (sulfide) groups is 1. The Labute approximate surface area is 186 Å². The first-order chi connectivity index (χ1) is 15.1. The normalized spacial score (nSPS) is 10.5. The number of allylic oxidation sites excluding steroid dienone is 1. The van der Waals surface area contributed by atoms with Gasteiger partial charge in [-0.25, -0.2) is 0 Å². The number of carbonyl (C=O) groups is 1. The predicted molar refractivity (Wildman–Crippen MR) is 123 cm³/mol. The molecule has 0 saturated heterocycles. The molecule has 31 heavy (non-hydrogen) atoms. The Bertz CT molecular complexity index is 1000. The van der Waals surface area contributed by atoms with Gasteiger partial charge >= 0.3 is 0 Å². The van der Waals surface area contributed by atoms with E-state index in [1.165, 1.54) is 17.3 Å². The highest BCUT2D eigenvalue weighted by Crippen LogP contribution is 2.21. The maximum atomic E-state index is 12.3. The number of aromatic nitrogens is 3. The minimum Gasteiger partial charge on any atom is -0.497 e. The van der Waals surface area contributed by atoms with Gasteiger partial charge in [0.15, 0.2) is 11.0 Å². The third-order valence-corrected chi connectivity index (χ3v) is 5.48. The molecule has 0 aliphatic heterocycles. The SMILES string of the molecule is C=CCn1c(COc2ccc(OC)cc2)nnc1SCC(=O)Nc1ccc(CC)cc1. The molecule has 0 radical (unpaired) electrons. The molecule has 7 nitrogen and oxygen atoms in total. The number of hydrogen-bond acceptors (Lipinski definition) is 6. The van der Waals surface area contributed by atoms with Crippen LogP contribution in [0.25, 0.3) is 0 Å². The van der Waals surface area contributed by atoms with Gasteiger partial charge in [0.05, 0.1) is 12.9 Å². The molecule has 1 amide bonds. The van der Waals surface area contributed by atoms with Gasteiger partial charge in [-0.1, -0.05) is 36.9 Å². The largest absolute Gasteiger partial charge is 0.497 e. The number of ether oxygens (including phenoxy) is 2. The minimum absolute atomic E-state index is 0.0987. The summed E-state index contributed by atoms with van der Waals surface area (Å²) in [6.45, 7) is 6.68. The molecule has 1 aromatic heterocycles. The van der Waals surface area contributed by atoms with Crippen LogP contribution >= 0.6 is 11.8 Å². The maximum Gasteiger partial charge on any atom is 0.234 e. The van der Waals surface area contributed by atoms with Crippen LogP contribution < -0.4 is 14.8 Å². The first-order valence-corrected chi connectivity index (χ1v) is 10.9. The van der Waals surface area contributed by atoms with E-state index in [2.05, 4.69) is 29.0 Å². The Morgan fingerprint density at radius 1 is 1.13 bits per heavy atom. The van der Waals surface area contributed by atoms with Crippen LogP contribution in [-0.2, 0) is 24.4 Å². The molecule has 0 spiro atoms. The molecule has 0 bridgehead atoms. The molecule has 0 fully saturated rings. The lowest BCUT2D eigenvalue weighted by Crippen LogP contribution is -2.15. The van der Waals surface area contributed by atoms with Gasteiger partial charge in [0.25, 0.3) is 0 Å². The molecule has 1 heterocycles. The number of benzene rings is 2. The van der Waals surface area contributed by atoms with E-state index >= 15 is 0 Å². The van der Waals surface area contributed by atoms with Gasteiger partial charge in [-0.2, -0.15) is 0 Å². The maximum absolute atomic E-state index is 12.3. The van der Waals surface area contributed by atoms with Crippen molar-refractivity contribution in [1.82, 2.24) is 14.8 Å². The zero-order valence-electron chi connectivity index (χ0n) is 17.7. The highest BCUT2D eigenvalue weighted by molar-refractivity contribution is 7.99. The summed E-state index contributed by atoms with van der Waals surface area (Å²) in [5.74, 6) is 2.26. The summed E-state index contributed by atoms with van der Waals surface area (Å²) in [6.07, 6.45) is 2.73. The number of carbonyl (C=O) groups excluding carboxylic acids is 1. The zero-order valence-corrected chi connectivity index (χ0v) is 18.5. The van der Waals surface area contributed by atoms with Gasteiger partial charge in [0, 0.05) is 12.2 Å². The number of rotatable bonds is 11. The number of methoxy groups -OCH3 is 1. The average molecular weight is 439 g/mol. The van der Waals surface area contributed by atoms with E-state index in [0.29, 0.717) is 23.3 Å². The number of hydrogen-bond donors (Lipinski definition) is 1. The fraction of sp³-hybridized carbons (Fsp3) is 0.261. The molecule has 8 heteroatoms. The smallest absolute Gasteiger partial charge is 0.234 e. The number of amides is 1. The standard InChI is InChI=1S/C23H26N4O3S/c1-4-14-27-21(15-30-20-12-10-19(29-3)11-13-20)25-26-23(27)31-16-22(28)24-18-8-6-17(5-2)7-9-18/h4,6-13H,1,5,14-16H2,2-3H3,(H,24,28). The lowest BCUT2D eigenvalue weighted by Gasteiger charge is -2.10. The van der Waals surface area contributed by atoms with Crippen LogP contribution in [0.15, 0.2) is 66.3 Å². The lowest BCUT2D eigenvalue weighted by molar-refractivity contribution is -0.113. The van der Waals surface area contributed by atoms with Gasteiger partial charge in [0.1, 0.15) is 18.1 Å². The molecule has 0 aliphatic rings. The molecule has 1 N–H and O–H groups in total. The van der Waals surface area contributed by atoms with Gasteiger partial charge in [-0.3, -0.25) is 9.36 Å². The molecule has 162 valence electrons. The lowest BCUT2D eigenvalue weighted by atomic mass is 10.1. The number of anilines is 1. The monoisotopic (exact) mass is 438 g/mol. The van der Waals surface area contributed by atoms with E-state index < -0.39 is 0 Å². The van der Waals surface area contributed by atoms with Gasteiger partial charge < -0.3 is 14.8 Å². The minimum atomic E-state index is -0.0987. The van der Waals surface area contributed by atoms with Gasteiger partial charge in [-0.05, 0) is 48.4 Å². The van der Waals surface area contributed by atoms with Crippen LogP contribution in [-0.4, -0.2) is 33.5 Å². The fourth-order valence-electron chi connectivity index (χ4n) is 2.82. The van der Waals surface area contributed by atoms with Crippen molar-refractivity contribution >= 4 is 23.4 Å². The van der Waals surface area contributed by atoms with Crippen LogP contribution in [0.3, 0.4) is 0 Å². The summed E-state index contributed by atoms with van der Waals surface area (Å²) in [4.78, 5) is 12.3. The summed E-state index contributed by atoms with van der Waals surface area (Å²) < 4.78 is 12.9. The van der Waals surface area contributed by atoms with Crippen LogP contribution in [0.5, 0.6) is 11.5 Å². The number of nitrogens with zero attached hydrogens (tertiary/aromatic N) is 3. The second kappa shape index (κ2) is 11.2. The van der Waals surface area contributed by atoms with Crippen molar-refractivity contribution in [2.24, 2.45) is 0 Å². The van der Waals surface area contributed by atoms with Gasteiger partial charge in [-0.15, -0.1) is 16.8 Å². The third-order valence-electron chi connectivity index (χ3n) is 4.51. The average Bonchev–Trinajstić information content (AvgIpc) is 3.19. The Morgan fingerprint density at radius 3 is 2.48 bits per heavy atom. The molecule has 0 atom stereocenters. The second-order valence-corrected chi connectivity index (χ2v) is 7.59. The van der Waals surface area contributed by atoms with Crippen molar-refractivity contribution in [2.75, 3.05) is 18.2 Å². The molecular weight excluding hydrogens is 412 g/mol. The number of aryl methyl sites for hydroxylation is 1. The van der Waals surface area contributed by atoms with Crippen molar-refractivity contribution in [1.29, 1.82) is 0 Å². The van der Waals surface area contributed by atoms with E-state index in [-0.39, 0.29) is 18.3 Å². The number of nitrogens with one attached hydrogen (secondary N) is 1. The Hall–Kier alpha value is -3.26. The highest BCUT2D eigenvalue weighted by Gasteiger charge is 2.14. The molecule has 0 saturated carbocycles. The molecule has 3 rings (SSSR count). The van der Waals surface area contributed by atoms with Crippen LogP contribution in [0, 0.1) is 0 Å². The van der Waals surface area contributed by atoms with Crippen LogP contribution in [0.2, 0.25) is 0 Å². The van der Waals surface area contributed by atoms with E-state index in [1.807, 2.05) is 53.1 Å². The topological polar surface area (TPSA) is 78.3 Å². The zero-order chi connectivity index (χ0) is 22.1. The van der Waals surface area contributed by atoms with Crippen molar-refractivity contribution in [3.63, 3.8) is 0 Å². The first-order valence-electron chi connectivity index (χ1n) is 9.94. The summed E-state index contributed by atoms with van der Waals surface area (Å²) >= 11 is 1.33. The second-order valence-electron chi connectivity index (χ2n) is 6.65. The first kappa shape index (κ1) is 22.4. The Balaban J connectivity index is 1.58. The molecule has 0 unspecified atom stereocenters. The van der Waals surface area contributed by atoms with Crippen molar-refractivity contribution in [3.8, 4) is 11.5 Å². The summed E-state index contributed by atoms with van der Waals surface area (Å²) in [6, 6.07) is 15.2. The highest BCUT2D eigenvalue weighted by atomic mass is 32.2. The molecule has 0 aliphatic carbocycles. The van der Waals surface area contributed by atoms with Crippen molar-refractivity contribution in [2.45, 2.75) is 31.7 Å². The summed E-state index contributed by atoms with van der Waals surface area (Å²) in [7, 11) is 1.62. The van der Waals surface area contributed by atoms with Crippen molar-refractivity contribution in [3.05, 3.63) is 72.6 Å². The van der Waals surface area contributed by atoms with Gasteiger partial charge in [0.2, 0.25) is 5.91 Å². The van der Waals surface area contributed by atoms with Crippen LogP contribution in [0.1, 0.15) is 18.3 Å². The van der Waals surface area contributed by atoms with E-state index in [9.17, 15) is 4.79 Å². The predicted octanol–water partition coefficient (Wildman–Crippen LogP) is 4.34. The van der Waals surface area contributed by atoms with E-state index in [4.69, 9.17) is 9.47 Å². The Kier molecular flexibility index (Phi) is 8.12. The van der Waals surface area contributed by atoms with Crippen molar-refractivity contribution < 1.29 is 14.3 Å². The molecule has 3 aromatic rings. The summed E-state index contributed by atoms with van der Waals surface area (Å²) in [5.41, 5.74) is 2.01.